The summed E-state index contributed by atoms with van der Waals surface area (Å²) in [4.78, 5) is 11.2. The Balaban J connectivity index is 2.24. The standard InChI is InChI=1S/C7H6ClO3P/c8-12-10-6-4-2-1-3-5(6)7(9)11-12/h1-2,4-5H,3H2. The Bertz CT molecular complexity index is 274. The third-order valence-electron chi connectivity index (χ3n) is 1.74. The van der Waals surface area contributed by atoms with E-state index in [1.165, 1.54) is 0 Å². The fraction of sp³-hybridized carbons (Fsp3) is 0.286. The summed E-state index contributed by atoms with van der Waals surface area (Å²) in [5, 5.41) is 0. The van der Waals surface area contributed by atoms with Crippen LogP contribution in [-0.4, -0.2) is 5.97 Å². The predicted octanol–water partition coefficient (Wildman–Crippen LogP) is 2.49. The highest BCUT2D eigenvalue weighted by molar-refractivity contribution is 7.76. The Kier molecular flexibility index (Phi) is 2.07. The van der Waals surface area contributed by atoms with Crippen molar-refractivity contribution in [2.24, 2.45) is 5.92 Å². The maximum atomic E-state index is 11.2. The summed E-state index contributed by atoms with van der Waals surface area (Å²) in [6, 6.07) is 0. The summed E-state index contributed by atoms with van der Waals surface area (Å²) in [6.07, 6.45) is 6.15. The topological polar surface area (TPSA) is 35.5 Å². The molecule has 2 unspecified atom stereocenters. The van der Waals surface area contributed by atoms with Crippen molar-refractivity contribution < 1.29 is 13.8 Å². The molecular weight excluding hydrogens is 199 g/mol. The molecule has 0 amide bonds. The first-order valence-corrected chi connectivity index (χ1v) is 5.58. The summed E-state index contributed by atoms with van der Waals surface area (Å²) in [6.45, 7) is 0. The van der Waals surface area contributed by atoms with Gasteiger partial charge in [0.15, 0.2) is 0 Å². The molecule has 1 fully saturated rings. The van der Waals surface area contributed by atoms with E-state index in [2.05, 4.69) is 0 Å². The molecule has 0 aromatic carbocycles. The SMILES string of the molecule is O=C1OP(Cl)OC2=CC=CCC12. The Morgan fingerprint density at radius 1 is 1.58 bits per heavy atom. The Labute approximate surface area is 75.7 Å². The minimum absolute atomic E-state index is 0.271. The maximum absolute atomic E-state index is 11.2. The minimum Gasteiger partial charge on any atom is -0.431 e. The molecule has 0 aromatic rings. The van der Waals surface area contributed by atoms with Crippen molar-refractivity contribution in [1.29, 1.82) is 0 Å². The van der Waals surface area contributed by atoms with Gasteiger partial charge in [-0.05, 0) is 23.7 Å². The predicted molar refractivity (Wildman–Crippen MR) is 45.3 cm³/mol. The Hall–Kier alpha value is -0.530. The van der Waals surface area contributed by atoms with Gasteiger partial charge in [-0.25, -0.2) is 0 Å². The summed E-state index contributed by atoms with van der Waals surface area (Å²) in [5.74, 6) is 0.0836. The van der Waals surface area contributed by atoms with Crippen LogP contribution in [0.25, 0.3) is 0 Å². The summed E-state index contributed by atoms with van der Waals surface area (Å²) in [5.41, 5.74) is 0. The van der Waals surface area contributed by atoms with Crippen LogP contribution >= 0.6 is 19.0 Å². The Morgan fingerprint density at radius 2 is 2.42 bits per heavy atom. The van der Waals surface area contributed by atoms with E-state index < -0.39 is 7.73 Å². The van der Waals surface area contributed by atoms with Crippen LogP contribution in [0.3, 0.4) is 0 Å². The lowest BCUT2D eigenvalue weighted by Crippen LogP contribution is -2.23. The molecule has 1 saturated heterocycles. The van der Waals surface area contributed by atoms with E-state index in [1.807, 2.05) is 12.2 Å². The van der Waals surface area contributed by atoms with E-state index in [1.54, 1.807) is 6.08 Å². The van der Waals surface area contributed by atoms with Crippen LogP contribution in [0.15, 0.2) is 24.0 Å². The lowest BCUT2D eigenvalue weighted by atomic mass is 9.99. The van der Waals surface area contributed by atoms with Gasteiger partial charge < -0.3 is 9.05 Å². The zero-order valence-electron chi connectivity index (χ0n) is 6.07. The number of hydrogen-bond acceptors (Lipinski definition) is 3. The van der Waals surface area contributed by atoms with Crippen molar-refractivity contribution in [1.82, 2.24) is 0 Å². The maximum Gasteiger partial charge on any atom is 0.403 e. The quantitative estimate of drug-likeness (QED) is 0.569. The molecule has 2 atom stereocenters. The van der Waals surface area contributed by atoms with E-state index >= 15 is 0 Å². The van der Waals surface area contributed by atoms with Gasteiger partial charge >= 0.3 is 13.7 Å². The third-order valence-corrected chi connectivity index (χ3v) is 2.83. The van der Waals surface area contributed by atoms with E-state index in [4.69, 9.17) is 20.3 Å². The molecule has 0 bridgehead atoms. The van der Waals surface area contributed by atoms with Crippen molar-refractivity contribution in [3.05, 3.63) is 24.0 Å². The number of halogens is 1. The fourth-order valence-electron chi connectivity index (χ4n) is 1.15. The van der Waals surface area contributed by atoms with Crippen LogP contribution < -0.4 is 0 Å². The van der Waals surface area contributed by atoms with E-state index in [0.29, 0.717) is 12.2 Å². The van der Waals surface area contributed by atoms with E-state index in [9.17, 15) is 4.79 Å². The van der Waals surface area contributed by atoms with Gasteiger partial charge in [-0.3, -0.25) is 4.79 Å². The summed E-state index contributed by atoms with van der Waals surface area (Å²) < 4.78 is 9.91. The van der Waals surface area contributed by atoms with Crippen molar-refractivity contribution in [3.8, 4) is 0 Å². The molecule has 3 nitrogen and oxygen atoms in total. The summed E-state index contributed by atoms with van der Waals surface area (Å²) >= 11 is 5.57. The Morgan fingerprint density at radius 3 is 3.25 bits per heavy atom. The number of allylic oxidation sites excluding steroid dienone is 3. The fourth-order valence-corrected chi connectivity index (χ4v) is 2.26. The summed E-state index contributed by atoms with van der Waals surface area (Å²) in [7, 11) is -1.55. The lowest BCUT2D eigenvalue weighted by molar-refractivity contribution is -0.139. The molecule has 0 saturated carbocycles. The molecule has 2 aliphatic rings. The van der Waals surface area contributed by atoms with Gasteiger partial charge in [-0.1, -0.05) is 12.2 Å². The van der Waals surface area contributed by atoms with Crippen molar-refractivity contribution >= 4 is 24.9 Å². The number of carbonyl (C=O) groups is 1. The second-order valence-corrected chi connectivity index (χ2v) is 4.12. The van der Waals surface area contributed by atoms with Gasteiger partial charge in [0.1, 0.15) is 11.7 Å². The third kappa shape index (κ3) is 1.35. The molecule has 12 heavy (non-hydrogen) atoms. The molecule has 64 valence electrons. The molecule has 0 aromatic heterocycles. The highest BCUT2D eigenvalue weighted by atomic mass is 35.7. The molecule has 1 heterocycles. The lowest BCUT2D eigenvalue weighted by Gasteiger charge is -2.26. The van der Waals surface area contributed by atoms with Gasteiger partial charge in [-0.2, -0.15) is 0 Å². The zero-order chi connectivity index (χ0) is 8.55. The van der Waals surface area contributed by atoms with Crippen molar-refractivity contribution in [2.75, 3.05) is 0 Å². The number of rotatable bonds is 0. The molecular formula is C7H6ClO3P. The van der Waals surface area contributed by atoms with E-state index in [0.717, 1.165) is 0 Å². The largest absolute Gasteiger partial charge is 0.431 e. The molecule has 5 heteroatoms. The highest BCUT2D eigenvalue weighted by Crippen LogP contribution is 2.52. The van der Waals surface area contributed by atoms with Crippen molar-refractivity contribution in [3.63, 3.8) is 0 Å². The van der Waals surface area contributed by atoms with E-state index in [-0.39, 0.29) is 11.9 Å². The average Bonchev–Trinajstić information content (AvgIpc) is 2.04. The van der Waals surface area contributed by atoms with Gasteiger partial charge in [-0.15, -0.1) is 0 Å². The van der Waals surface area contributed by atoms with Crippen molar-refractivity contribution in [2.45, 2.75) is 6.42 Å². The second kappa shape index (κ2) is 3.08. The minimum atomic E-state index is -1.55. The van der Waals surface area contributed by atoms with Crippen LogP contribution in [0, 0.1) is 5.92 Å². The average molecular weight is 205 g/mol. The monoisotopic (exact) mass is 204 g/mol. The van der Waals surface area contributed by atoms with Crippen LogP contribution in [0.2, 0.25) is 0 Å². The molecule has 2 rings (SSSR count). The second-order valence-electron chi connectivity index (χ2n) is 2.50. The van der Waals surface area contributed by atoms with Gasteiger partial charge in [0.2, 0.25) is 0 Å². The number of hydrogen-bond donors (Lipinski definition) is 0. The number of fused-ring (bicyclic) bond motifs is 1. The molecule has 1 aliphatic carbocycles. The number of carbonyl (C=O) groups excluding carboxylic acids is 1. The first kappa shape index (κ1) is 8.09. The zero-order valence-corrected chi connectivity index (χ0v) is 7.72. The van der Waals surface area contributed by atoms with Crippen LogP contribution in [0.5, 0.6) is 0 Å². The van der Waals surface area contributed by atoms with Crippen LogP contribution in [-0.2, 0) is 13.8 Å². The molecule has 0 spiro atoms. The van der Waals surface area contributed by atoms with Gasteiger partial charge in [0.25, 0.3) is 0 Å². The van der Waals surface area contributed by atoms with Gasteiger partial charge in [0.05, 0.1) is 0 Å². The smallest absolute Gasteiger partial charge is 0.403 e. The first-order valence-electron chi connectivity index (χ1n) is 3.50. The van der Waals surface area contributed by atoms with Crippen LogP contribution in [0.1, 0.15) is 6.42 Å². The van der Waals surface area contributed by atoms with Crippen LogP contribution in [0.4, 0.5) is 0 Å². The molecule has 1 aliphatic heterocycles. The molecule has 0 radical (unpaired) electrons. The highest BCUT2D eigenvalue weighted by Gasteiger charge is 2.35. The molecule has 0 N–H and O–H groups in total. The van der Waals surface area contributed by atoms with Gasteiger partial charge in [0, 0.05) is 0 Å². The normalized spacial score (nSPS) is 33.1. The first-order chi connectivity index (χ1) is 5.77.